The first-order valence-corrected chi connectivity index (χ1v) is 9.09. The number of rotatable bonds is 5. The molecule has 2 aliphatic rings. The van der Waals surface area contributed by atoms with Gasteiger partial charge in [0.15, 0.2) is 11.5 Å². The summed E-state index contributed by atoms with van der Waals surface area (Å²) in [6, 6.07) is 8.20. The highest BCUT2D eigenvalue weighted by Gasteiger charge is 2.35. The molecular formula is C20H25NO4. The quantitative estimate of drug-likeness (QED) is 0.870. The van der Waals surface area contributed by atoms with E-state index in [0.29, 0.717) is 25.0 Å². The summed E-state index contributed by atoms with van der Waals surface area (Å²) in [4.78, 5) is 11.2. The first kappa shape index (κ1) is 17.6. The van der Waals surface area contributed by atoms with Gasteiger partial charge >= 0.3 is 5.97 Å². The molecule has 1 aromatic rings. The number of aliphatic carboxylic acids is 1. The number of benzene rings is 1. The predicted octanol–water partition coefficient (Wildman–Crippen LogP) is 4.12. The Bertz CT molecular complexity index is 660. The Labute approximate surface area is 148 Å². The Hall–Kier alpha value is -2.22. The van der Waals surface area contributed by atoms with Crippen molar-refractivity contribution in [2.24, 2.45) is 11.8 Å². The number of hydrogen-bond acceptors (Lipinski definition) is 4. The molecule has 3 unspecified atom stereocenters. The Morgan fingerprint density at radius 1 is 1.20 bits per heavy atom. The molecule has 134 valence electrons. The van der Waals surface area contributed by atoms with Gasteiger partial charge in [0, 0.05) is 0 Å². The molecule has 1 aromatic carbocycles. The fraction of sp³-hybridized carbons (Fsp3) is 0.600. The van der Waals surface area contributed by atoms with Gasteiger partial charge in [-0.2, -0.15) is 5.26 Å². The molecule has 3 atom stereocenters. The third-order valence-electron chi connectivity index (χ3n) is 5.58. The van der Waals surface area contributed by atoms with Gasteiger partial charge in [-0.3, -0.25) is 4.79 Å². The summed E-state index contributed by atoms with van der Waals surface area (Å²) < 4.78 is 11.6. The van der Waals surface area contributed by atoms with Crippen molar-refractivity contribution in [2.75, 3.05) is 7.11 Å². The van der Waals surface area contributed by atoms with Crippen molar-refractivity contribution < 1.29 is 19.4 Å². The number of nitriles is 1. The summed E-state index contributed by atoms with van der Waals surface area (Å²) in [5.74, 6) is 0.0272. The molecule has 25 heavy (non-hydrogen) atoms. The van der Waals surface area contributed by atoms with Gasteiger partial charge in [0.1, 0.15) is 0 Å². The maximum Gasteiger partial charge on any atom is 0.306 e. The topological polar surface area (TPSA) is 79.5 Å². The van der Waals surface area contributed by atoms with Gasteiger partial charge in [0.2, 0.25) is 0 Å². The van der Waals surface area contributed by atoms with E-state index in [1.807, 2.05) is 18.2 Å². The van der Waals surface area contributed by atoms with Crippen molar-refractivity contribution in [1.82, 2.24) is 0 Å². The second-order valence-corrected chi connectivity index (χ2v) is 7.12. The molecule has 0 saturated heterocycles. The van der Waals surface area contributed by atoms with Gasteiger partial charge in [-0.1, -0.05) is 6.07 Å². The van der Waals surface area contributed by atoms with Crippen LogP contribution in [0.4, 0.5) is 0 Å². The average Bonchev–Trinajstić information content (AvgIpc) is 3.14. The van der Waals surface area contributed by atoms with Gasteiger partial charge < -0.3 is 14.6 Å². The molecule has 0 radical (unpaired) electrons. The van der Waals surface area contributed by atoms with Crippen molar-refractivity contribution in [1.29, 1.82) is 5.26 Å². The first-order chi connectivity index (χ1) is 12.1. The van der Waals surface area contributed by atoms with Crippen molar-refractivity contribution in [3.05, 3.63) is 23.8 Å². The van der Waals surface area contributed by atoms with Crippen LogP contribution in [0.5, 0.6) is 11.5 Å². The van der Waals surface area contributed by atoms with Crippen LogP contribution >= 0.6 is 0 Å². The zero-order chi connectivity index (χ0) is 17.8. The SMILES string of the molecule is COc1ccc(C2CCC(C(=O)O)CC2C#N)cc1OC1CCCC1. The van der Waals surface area contributed by atoms with E-state index in [4.69, 9.17) is 9.47 Å². The van der Waals surface area contributed by atoms with E-state index in [-0.39, 0.29) is 17.9 Å². The molecular weight excluding hydrogens is 318 g/mol. The molecule has 5 heteroatoms. The van der Waals surface area contributed by atoms with Gasteiger partial charge in [-0.05, 0) is 68.6 Å². The van der Waals surface area contributed by atoms with E-state index in [1.54, 1.807) is 7.11 Å². The van der Waals surface area contributed by atoms with Crippen molar-refractivity contribution in [3.8, 4) is 17.6 Å². The highest BCUT2D eigenvalue weighted by Crippen LogP contribution is 2.43. The highest BCUT2D eigenvalue weighted by atomic mass is 16.5. The summed E-state index contributed by atoms with van der Waals surface area (Å²) >= 11 is 0. The normalized spacial score (nSPS) is 26.8. The zero-order valence-electron chi connectivity index (χ0n) is 14.6. The number of methoxy groups -OCH3 is 1. The third kappa shape index (κ3) is 3.89. The highest BCUT2D eigenvalue weighted by molar-refractivity contribution is 5.70. The lowest BCUT2D eigenvalue weighted by molar-refractivity contribution is -0.143. The fourth-order valence-corrected chi connectivity index (χ4v) is 4.14. The van der Waals surface area contributed by atoms with Crippen LogP contribution in [0.1, 0.15) is 56.4 Å². The lowest BCUT2D eigenvalue weighted by atomic mass is 9.72. The first-order valence-electron chi connectivity index (χ1n) is 9.09. The van der Waals surface area contributed by atoms with Crippen molar-refractivity contribution in [2.45, 2.75) is 57.0 Å². The molecule has 3 rings (SSSR count). The summed E-state index contributed by atoms with van der Waals surface area (Å²) in [5.41, 5.74) is 1.05. The number of hydrogen-bond donors (Lipinski definition) is 1. The minimum Gasteiger partial charge on any atom is -0.493 e. The smallest absolute Gasteiger partial charge is 0.306 e. The summed E-state index contributed by atoms with van der Waals surface area (Å²) in [7, 11) is 1.63. The Morgan fingerprint density at radius 2 is 1.96 bits per heavy atom. The van der Waals surface area contributed by atoms with Crippen LogP contribution in [0, 0.1) is 23.2 Å². The molecule has 2 fully saturated rings. The zero-order valence-corrected chi connectivity index (χ0v) is 14.6. The van der Waals surface area contributed by atoms with Gasteiger partial charge in [-0.25, -0.2) is 0 Å². The molecule has 0 aromatic heterocycles. The molecule has 5 nitrogen and oxygen atoms in total. The van der Waals surface area contributed by atoms with Gasteiger partial charge in [0.25, 0.3) is 0 Å². The predicted molar refractivity (Wildman–Crippen MR) is 92.7 cm³/mol. The Kier molecular flexibility index (Phi) is 5.47. The van der Waals surface area contributed by atoms with E-state index in [9.17, 15) is 15.2 Å². The minimum atomic E-state index is -0.793. The number of carbonyl (C=O) groups is 1. The lowest BCUT2D eigenvalue weighted by Crippen LogP contribution is -2.27. The van der Waals surface area contributed by atoms with Crippen LogP contribution < -0.4 is 9.47 Å². The van der Waals surface area contributed by atoms with E-state index in [1.165, 1.54) is 12.8 Å². The monoisotopic (exact) mass is 343 g/mol. The molecule has 0 spiro atoms. The molecule has 0 bridgehead atoms. The number of carboxylic acid groups (broad SMARTS) is 1. The van der Waals surface area contributed by atoms with Crippen LogP contribution in [0.3, 0.4) is 0 Å². The van der Waals surface area contributed by atoms with Gasteiger partial charge in [-0.15, -0.1) is 0 Å². The summed E-state index contributed by atoms with van der Waals surface area (Å²) in [5, 5.41) is 18.8. The molecule has 2 aliphatic carbocycles. The third-order valence-corrected chi connectivity index (χ3v) is 5.58. The molecule has 0 aliphatic heterocycles. The van der Waals surface area contributed by atoms with Crippen LogP contribution in [-0.2, 0) is 4.79 Å². The second kappa shape index (κ2) is 7.77. The van der Waals surface area contributed by atoms with Crippen molar-refractivity contribution >= 4 is 5.97 Å². The number of carboxylic acids is 1. The molecule has 1 N–H and O–H groups in total. The second-order valence-electron chi connectivity index (χ2n) is 7.12. The van der Waals surface area contributed by atoms with Crippen LogP contribution in [0.15, 0.2) is 18.2 Å². The summed E-state index contributed by atoms with van der Waals surface area (Å²) in [6.45, 7) is 0. The molecule has 0 heterocycles. The maximum atomic E-state index is 11.2. The molecule has 2 saturated carbocycles. The number of ether oxygens (including phenoxy) is 2. The number of nitrogens with zero attached hydrogens (tertiary/aromatic N) is 1. The minimum absolute atomic E-state index is 0.0532. The van der Waals surface area contributed by atoms with E-state index < -0.39 is 11.9 Å². The van der Waals surface area contributed by atoms with E-state index in [2.05, 4.69) is 6.07 Å². The Morgan fingerprint density at radius 3 is 2.60 bits per heavy atom. The van der Waals surface area contributed by atoms with E-state index in [0.717, 1.165) is 24.2 Å². The van der Waals surface area contributed by atoms with Crippen LogP contribution in [0.25, 0.3) is 0 Å². The largest absolute Gasteiger partial charge is 0.493 e. The van der Waals surface area contributed by atoms with Gasteiger partial charge in [0.05, 0.1) is 31.1 Å². The summed E-state index contributed by atoms with van der Waals surface area (Å²) in [6.07, 6.45) is 6.51. The standard InChI is InChI=1S/C20H25NO4/c1-24-18-9-7-13(11-19(18)25-16-4-2-3-5-16)17-8-6-14(20(22)23)10-15(17)12-21/h7,9,11,14-17H,2-6,8,10H2,1H3,(H,22,23). The van der Waals surface area contributed by atoms with Crippen molar-refractivity contribution in [3.63, 3.8) is 0 Å². The van der Waals surface area contributed by atoms with E-state index >= 15 is 0 Å². The maximum absolute atomic E-state index is 11.2. The fourth-order valence-electron chi connectivity index (χ4n) is 4.14. The van der Waals surface area contributed by atoms with Crippen LogP contribution in [-0.4, -0.2) is 24.3 Å². The lowest BCUT2D eigenvalue weighted by Gasteiger charge is -2.31. The average molecular weight is 343 g/mol. The Balaban J connectivity index is 1.81. The molecule has 0 amide bonds. The van der Waals surface area contributed by atoms with Crippen LogP contribution in [0.2, 0.25) is 0 Å².